The maximum Gasteiger partial charge on any atom is 0.241 e. The smallest absolute Gasteiger partial charge is 0.241 e. The van der Waals surface area contributed by atoms with E-state index >= 15 is 0 Å². The predicted molar refractivity (Wildman–Crippen MR) is 100 cm³/mol. The van der Waals surface area contributed by atoms with Crippen LogP contribution in [0.3, 0.4) is 0 Å². The van der Waals surface area contributed by atoms with E-state index in [0.717, 1.165) is 15.7 Å². The monoisotopic (exact) mass is 474 g/mol. The highest BCUT2D eigenvalue weighted by atomic mass is 127. The van der Waals surface area contributed by atoms with Crippen LogP contribution in [0.2, 0.25) is 0 Å². The van der Waals surface area contributed by atoms with Gasteiger partial charge in [0.15, 0.2) is 5.82 Å². The van der Waals surface area contributed by atoms with E-state index in [1.54, 1.807) is 12.1 Å². The maximum absolute atomic E-state index is 14.2. The molecule has 0 amide bonds. The van der Waals surface area contributed by atoms with E-state index in [1.807, 2.05) is 12.1 Å². The SMILES string of the molecule is Nc1n[nH]c(-c2cc(F)c(S(N)(=O)=O)cc2Nc2ccc(I)cc2)n1. The molecule has 25 heavy (non-hydrogen) atoms. The van der Waals surface area contributed by atoms with Crippen molar-refractivity contribution in [3.05, 3.63) is 45.8 Å². The number of nitrogens with one attached hydrogen (secondary N) is 2. The van der Waals surface area contributed by atoms with Gasteiger partial charge < -0.3 is 11.1 Å². The lowest BCUT2D eigenvalue weighted by molar-refractivity contribution is 0.568. The molecule has 0 spiro atoms. The van der Waals surface area contributed by atoms with E-state index in [2.05, 4.69) is 43.1 Å². The van der Waals surface area contributed by atoms with Crippen LogP contribution in [0.5, 0.6) is 0 Å². The molecule has 0 saturated carbocycles. The Bertz CT molecular complexity index is 1040. The first-order valence-electron chi connectivity index (χ1n) is 6.81. The van der Waals surface area contributed by atoms with Gasteiger partial charge in [0.05, 0.1) is 5.69 Å². The van der Waals surface area contributed by atoms with Crippen molar-refractivity contribution in [2.75, 3.05) is 11.1 Å². The number of sulfonamides is 1. The number of hydrogen-bond donors (Lipinski definition) is 4. The summed E-state index contributed by atoms with van der Waals surface area (Å²) in [5, 5.41) is 14.4. The molecular formula is C14H12FIN6O2S. The van der Waals surface area contributed by atoms with Crippen molar-refractivity contribution in [1.29, 1.82) is 0 Å². The third-order valence-corrected chi connectivity index (χ3v) is 4.90. The summed E-state index contributed by atoms with van der Waals surface area (Å²) < 4.78 is 38.5. The number of hydrogen-bond acceptors (Lipinski definition) is 6. The normalized spacial score (nSPS) is 11.5. The van der Waals surface area contributed by atoms with Crippen molar-refractivity contribution in [2.24, 2.45) is 5.14 Å². The summed E-state index contributed by atoms with van der Waals surface area (Å²) in [6, 6.07) is 9.42. The average Bonchev–Trinajstić information content (AvgIpc) is 2.96. The zero-order valence-corrected chi connectivity index (χ0v) is 15.5. The molecule has 3 aromatic rings. The molecule has 0 unspecified atom stereocenters. The van der Waals surface area contributed by atoms with E-state index in [9.17, 15) is 12.8 Å². The Morgan fingerprint density at radius 2 is 1.88 bits per heavy atom. The second-order valence-electron chi connectivity index (χ2n) is 5.05. The van der Waals surface area contributed by atoms with E-state index in [-0.39, 0.29) is 23.0 Å². The summed E-state index contributed by atoms with van der Waals surface area (Å²) in [5.41, 5.74) is 6.69. The lowest BCUT2D eigenvalue weighted by atomic mass is 10.1. The van der Waals surface area contributed by atoms with Crippen LogP contribution in [0.15, 0.2) is 41.3 Å². The second-order valence-corrected chi connectivity index (χ2v) is 7.82. The molecule has 1 heterocycles. The number of primary sulfonamides is 1. The molecule has 0 aliphatic rings. The largest absolute Gasteiger partial charge is 0.366 e. The molecule has 2 aromatic carbocycles. The minimum Gasteiger partial charge on any atom is -0.366 e. The molecule has 8 nitrogen and oxygen atoms in total. The molecule has 0 atom stereocenters. The number of rotatable bonds is 4. The fourth-order valence-electron chi connectivity index (χ4n) is 2.15. The number of nitrogens with zero attached hydrogens (tertiary/aromatic N) is 2. The maximum atomic E-state index is 14.2. The van der Waals surface area contributed by atoms with E-state index in [0.29, 0.717) is 5.69 Å². The molecule has 0 saturated heterocycles. The van der Waals surface area contributed by atoms with Gasteiger partial charge in [-0.1, -0.05) is 0 Å². The lowest BCUT2D eigenvalue weighted by Crippen LogP contribution is -2.14. The predicted octanol–water partition coefficient (Wildman–Crippen LogP) is 2.19. The molecule has 1 aromatic heterocycles. The van der Waals surface area contributed by atoms with Crippen LogP contribution in [0, 0.1) is 9.39 Å². The van der Waals surface area contributed by atoms with Crippen LogP contribution in [-0.2, 0) is 10.0 Å². The Morgan fingerprint density at radius 1 is 1.20 bits per heavy atom. The number of anilines is 3. The number of nitrogen functional groups attached to an aromatic ring is 1. The summed E-state index contributed by atoms with van der Waals surface area (Å²) >= 11 is 2.16. The topological polar surface area (TPSA) is 140 Å². The summed E-state index contributed by atoms with van der Waals surface area (Å²) in [6.07, 6.45) is 0. The molecular weight excluding hydrogens is 462 g/mol. The first-order chi connectivity index (χ1) is 11.7. The number of aromatic amines is 1. The molecule has 3 rings (SSSR count). The van der Waals surface area contributed by atoms with Gasteiger partial charge in [-0.3, -0.25) is 5.10 Å². The van der Waals surface area contributed by atoms with E-state index < -0.39 is 20.7 Å². The Morgan fingerprint density at radius 3 is 2.44 bits per heavy atom. The standard InChI is InChI=1S/C14H12FIN6O2S/c15-10-5-9(13-20-14(17)22-21-13)11(6-12(10)25(18,23)24)19-8-3-1-7(16)2-4-8/h1-6,19H,(H2,18,23,24)(H3,17,20,21,22). The highest BCUT2D eigenvalue weighted by Crippen LogP contribution is 2.32. The van der Waals surface area contributed by atoms with Gasteiger partial charge in [-0.25, -0.2) is 17.9 Å². The van der Waals surface area contributed by atoms with Crippen LogP contribution < -0.4 is 16.2 Å². The van der Waals surface area contributed by atoms with E-state index in [4.69, 9.17) is 10.9 Å². The zero-order chi connectivity index (χ0) is 18.2. The zero-order valence-electron chi connectivity index (χ0n) is 12.5. The summed E-state index contributed by atoms with van der Waals surface area (Å²) in [4.78, 5) is 3.32. The van der Waals surface area contributed by atoms with Gasteiger partial charge in [-0.05, 0) is 59.0 Å². The molecule has 130 valence electrons. The molecule has 0 aliphatic carbocycles. The molecule has 0 fully saturated rings. The van der Waals surface area contributed by atoms with E-state index in [1.165, 1.54) is 0 Å². The van der Waals surface area contributed by atoms with Crippen molar-refractivity contribution in [1.82, 2.24) is 15.2 Å². The summed E-state index contributed by atoms with van der Waals surface area (Å²) in [5.74, 6) is -0.836. The van der Waals surface area contributed by atoms with Gasteiger partial charge in [0.1, 0.15) is 10.7 Å². The Balaban J connectivity index is 2.16. The number of halogens is 2. The first kappa shape index (κ1) is 17.6. The number of aromatic nitrogens is 3. The van der Waals surface area contributed by atoms with Gasteiger partial charge in [0.25, 0.3) is 0 Å². The molecule has 0 aliphatic heterocycles. The van der Waals surface area contributed by atoms with Crippen molar-refractivity contribution >= 4 is 49.9 Å². The van der Waals surface area contributed by atoms with Gasteiger partial charge in [-0.2, -0.15) is 4.98 Å². The minimum atomic E-state index is -4.24. The van der Waals surface area contributed by atoms with Crippen molar-refractivity contribution in [3.8, 4) is 11.4 Å². The third-order valence-electron chi connectivity index (χ3n) is 3.26. The average molecular weight is 474 g/mol. The third kappa shape index (κ3) is 3.88. The fraction of sp³-hybridized carbons (Fsp3) is 0. The van der Waals surface area contributed by atoms with Crippen LogP contribution in [-0.4, -0.2) is 23.6 Å². The second kappa shape index (κ2) is 6.57. The molecule has 0 radical (unpaired) electrons. The first-order valence-corrected chi connectivity index (χ1v) is 9.44. The fourth-order valence-corrected chi connectivity index (χ4v) is 3.13. The quantitative estimate of drug-likeness (QED) is 0.428. The van der Waals surface area contributed by atoms with Crippen molar-refractivity contribution < 1.29 is 12.8 Å². The van der Waals surface area contributed by atoms with Crippen LogP contribution in [0.25, 0.3) is 11.4 Å². The minimum absolute atomic E-state index is 0.0221. The number of H-pyrrole nitrogens is 1. The highest BCUT2D eigenvalue weighted by molar-refractivity contribution is 14.1. The van der Waals surface area contributed by atoms with Crippen LogP contribution in [0.4, 0.5) is 21.7 Å². The number of benzene rings is 2. The number of nitrogens with two attached hydrogens (primary N) is 2. The molecule has 6 N–H and O–H groups in total. The van der Waals surface area contributed by atoms with Crippen molar-refractivity contribution in [2.45, 2.75) is 4.90 Å². The van der Waals surface area contributed by atoms with Crippen molar-refractivity contribution in [3.63, 3.8) is 0 Å². The summed E-state index contributed by atoms with van der Waals surface area (Å²) in [7, 11) is -4.24. The van der Waals surface area contributed by atoms with Gasteiger partial charge in [0, 0.05) is 14.8 Å². The Labute approximate surface area is 156 Å². The lowest BCUT2D eigenvalue weighted by Gasteiger charge is -2.13. The molecule has 11 heteroatoms. The van der Waals surface area contributed by atoms with Gasteiger partial charge >= 0.3 is 0 Å². The van der Waals surface area contributed by atoms with Gasteiger partial charge in [0.2, 0.25) is 16.0 Å². The Kier molecular flexibility index (Phi) is 4.62. The van der Waals surface area contributed by atoms with Crippen LogP contribution >= 0.6 is 22.6 Å². The summed E-state index contributed by atoms with van der Waals surface area (Å²) in [6.45, 7) is 0. The highest BCUT2D eigenvalue weighted by Gasteiger charge is 2.20. The van der Waals surface area contributed by atoms with Gasteiger partial charge in [-0.15, -0.1) is 5.10 Å². The Hall–Kier alpha value is -2.25. The van der Waals surface area contributed by atoms with Crippen LogP contribution in [0.1, 0.15) is 0 Å². The molecule has 0 bridgehead atoms.